The number of carboxylic acid groups (broad SMARTS) is 1. The molecule has 4 rings (SSSR count). The molecule has 1 aliphatic rings. The van der Waals surface area contributed by atoms with Crippen molar-refractivity contribution in [3.05, 3.63) is 52.8 Å². The van der Waals surface area contributed by atoms with E-state index >= 15 is 0 Å². The van der Waals surface area contributed by atoms with Gasteiger partial charge in [-0.25, -0.2) is 18.2 Å². The van der Waals surface area contributed by atoms with E-state index in [1.807, 2.05) is 0 Å². The molecule has 2 heterocycles. The van der Waals surface area contributed by atoms with E-state index in [1.54, 1.807) is 0 Å². The SMILES string of the molecule is O=C(O)CC1Sc2cc(F)ccc2N(Cc2nc3c(F)ccc(F)c3s2)C1=O. The second-order valence-corrected chi connectivity index (χ2v) is 8.38. The minimum atomic E-state index is -1.16. The monoisotopic (exact) mass is 424 g/mol. The fraction of sp³-hybridized carbons (Fsp3) is 0.167. The van der Waals surface area contributed by atoms with Crippen LogP contribution in [0.4, 0.5) is 18.9 Å². The number of fused-ring (bicyclic) bond motifs is 2. The lowest BCUT2D eigenvalue weighted by molar-refractivity contribution is -0.138. The smallest absolute Gasteiger partial charge is 0.305 e. The van der Waals surface area contributed by atoms with E-state index in [0.717, 1.165) is 35.2 Å². The van der Waals surface area contributed by atoms with Crippen molar-refractivity contribution in [2.24, 2.45) is 0 Å². The number of thioether (sulfide) groups is 1. The maximum Gasteiger partial charge on any atom is 0.305 e. The fourth-order valence-corrected chi connectivity index (χ4v) is 5.16. The maximum atomic E-state index is 13.9. The number of amides is 1. The van der Waals surface area contributed by atoms with Crippen LogP contribution >= 0.6 is 23.1 Å². The second kappa shape index (κ2) is 7.10. The molecule has 0 aliphatic carbocycles. The predicted octanol–water partition coefficient (Wildman–Crippen LogP) is 4.20. The molecule has 3 aromatic rings. The minimum absolute atomic E-state index is 0.0373. The molecule has 1 unspecified atom stereocenters. The van der Waals surface area contributed by atoms with Crippen LogP contribution in [-0.2, 0) is 16.1 Å². The zero-order chi connectivity index (χ0) is 20.0. The van der Waals surface area contributed by atoms with Gasteiger partial charge in [0.2, 0.25) is 5.91 Å². The van der Waals surface area contributed by atoms with Crippen LogP contribution in [0, 0.1) is 17.5 Å². The number of carbonyl (C=O) groups excluding carboxylic acids is 1. The van der Waals surface area contributed by atoms with Gasteiger partial charge in [0, 0.05) is 4.90 Å². The Labute approximate surface area is 164 Å². The van der Waals surface area contributed by atoms with E-state index < -0.39 is 41.0 Å². The highest BCUT2D eigenvalue weighted by Crippen LogP contribution is 2.42. The summed E-state index contributed by atoms with van der Waals surface area (Å²) in [5.74, 6) is -3.45. The lowest BCUT2D eigenvalue weighted by Gasteiger charge is -2.32. The summed E-state index contributed by atoms with van der Waals surface area (Å²) in [6.07, 6.45) is -0.431. The first-order valence-electron chi connectivity index (χ1n) is 8.06. The molecule has 1 N–H and O–H groups in total. The molecular weight excluding hydrogens is 413 g/mol. The van der Waals surface area contributed by atoms with Crippen molar-refractivity contribution in [3.8, 4) is 0 Å². The number of carboxylic acids is 1. The van der Waals surface area contributed by atoms with Crippen molar-refractivity contribution in [2.75, 3.05) is 4.90 Å². The molecule has 1 aliphatic heterocycles. The molecule has 0 saturated carbocycles. The van der Waals surface area contributed by atoms with E-state index in [2.05, 4.69) is 4.98 Å². The van der Waals surface area contributed by atoms with Crippen LogP contribution in [0.2, 0.25) is 0 Å². The van der Waals surface area contributed by atoms with Gasteiger partial charge in [-0.05, 0) is 30.3 Å². The molecule has 0 fully saturated rings. The Kier molecular flexibility index (Phi) is 4.76. The Morgan fingerprint density at radius 3 is 2.64 bits per heavy atom. The number of halogens is 3. The summed E-state index contributed by atoms with van der Waals surface area (Å²) < 4.78 is 41.5. The van der Waals surface area contributed by atoms with E-state index in [-0.39, 0.29) is 21.8 Å². The number of nitrogens with zero attached hydrogens (tertiary/aromatic N) is 2. The first-order valence-corrected chi connectivity index (χ1v) is 9.76. The van der Waals surface area contributed by atoms with Gasteiger partial charge >= 0.3 is 5.97 Å². The Balaban J connectivity index is 1.75. The quantitative estimate of drug-likeness (QED) is 0.680. The van der Waals surface area contributed by atoms with Crippen LogP contribution in [0.1, 0.15) is 11.4 Å². The molecule has 0 saturated heterocycles. The van der Waals surface area contributed by atoms with E-state index in [0.29, 0.717) is 10.6 Å². The zero-order valence-corrected chi connectivity index (χ0v) is 15.6. The summed E-state index contributed by atoms with van der Waals surface area (Å²) in [4.78, 5) is 29.7. The first kappa shape index (κ1) is 18.8. The molecule has 28 heavy (non-hydrogen) atoms. The highest BCUT2D eigenvalue weighted by Gasteiger charge is 2.35. The summed E-state index contributed by atoms with van der Waals surface area (Å²) in [6, 6.07) is 5.82. The van der Waals surface area contributed by atoms with Crippen LogP contribution in [0.5, 0.6) is 0 Å². The molecule has 0 spiro atoms. The molecule has 1 aromatic heterocycles. The molecular formula is C18H11F3N2O3S2. The fourth-order valence-electron chi connectivity index (χ4n) is 2.94. The summed E-state index contributed by atoms with van der Waals surface area (Å²) in [6.45, 7) is -0.105. The number of carbonyl (C=O) groups is 2. The number of anilines is 1. The Hall–Kier alpha value is -2.59. The topological polar surface area (TPSA) is 70.5 Å². The van der Waals surface area contributed by atoms with Crippen LogP contribution < -0.4 is 4.90 Å². The molecule has 2 aromatic carbocycles. The first-order chi connectivity index (χ1) is 13.3. The van der Waals surface area contributed by atoms with Gasteiger partial charge in [0.1, 0.15) is 22.2 Å². The van der Waals surface area contributed by atoms with Gasteiger partial charge in [0.05, 0.1) is 28.6 Å². The number of thiazole rings is 1. The van der Waals surface area contributed by atoms with Crippen molar-refractivity contribution < 1.29 is 27.9 Å². The van der Waals surface area contributed by atoms with Gasteiger partial charge in [0.25, 0.3) is 0 Å². The van der Waals surface area contributed by atoms with Gasteiger partial charge < -0.3 is 10.0 Å². The number of rotatable bonds is 4. The third-order valence-electron chi connectivity index (χ3n) is 4.17. The second-order valence-electron chi connectivity index (χ2n) is 6.06. The largest absolute Gasteiger partial charge is 0.481 e. The molecule has 0 bridgehead atoms. The maximum absolute atomic E-state index is 13.9. The van der Waals surface area contributed by atoms with Crippen LogP contribution in [-0.4, -0.2) is 27.2 Å². The number of benzene rings is 2. The van der Waals surface area contributed by atoms with E-state index in [4.69, 9.17) is 5.11 Å². The van der Waals surface area contributed by atoms with Crippen LogP contribution in [0.15, 0.2) is 35.2 Å². The van der Waals surface area contributed by atoms with Crippen molar-refractivity contribution in [3.63, 3.8) is 0 Å². The van der Waals surface area contributed by atoms with Gasteiger partial charge in [-0.1, -0.05) is 0 Å². The average molecular weight is 424 g/mol. The van der Waals surface area contributed by atoms with Crippen molar-refractivity contribution in [2.45, 2.75) is 23.1 Å². The summed E-state index contributed by atoms with van der Waals surface area (Å²) in [5.41, 5.74) is 0.276. The summed E-state index contributed by atoms with van der Waals surface area (Å²) >= 11 is 1.89. The lowest BCUT2D eigenvalue weighted by atomic mass is 10.2. The van der Waals surface area contributed by atoms with Gasteiger partial charge in [-0.3, -0.25) is 9.59 Å². The Morgan fingerprint density at radius 2 is 1.93 bits per heavy atom. The van der Waals surface area contributed by atoms with Crippen molar-refractivity contribution >= 4 is 50.9 Å². The summed E-state index contributed by atoms with van der Waals surface area (Å²) in [5, 5.41) is 8.41. The third-order valence-corrected chi connectivity index (χ3v) is 6.45. The number of aromatic nitrogens is 1. The number of aliphatic carboxylic acids is 1. The predicted molar refractivity (Wildman–Crippen MR) is 99.0 cm³/mol. The van der Waals surface area contributed by atoms with E-state index in [1.165, 1.54) is 23.1 Å². The van der Waals surface area contributed by atoms with Gasteiger partial charge in [-0.15, -0.1) is 23.1 Å². The van der Waals surface area contributed by atoms with Crippen LogP contribution in [0.25, 0.3) is 10.2 Å². The Morgan fingerprint density at radius 1 is 1.18 bits per heavy atom. The number of hydrogen-bond donors (Lipinski definition) is 1. The normalized spacial score (nSPS) is 16.5. The molecule has 1 atom stereocenters. The Bertz CT molecular complexity index is 1080. The van der Waals surface area contributed by atoms with Crippen molar-refractivity contribution in [1.29, 1.82) is 0 Å². The lowest BCUT2D eigenvalue weighted by Crippen LogP contribution is -2.41. The summed E-state index contributed by atoms with van der Waals surface area (Å²) in [7, 11) is 0. The standard InChI is InChI=1S/C18H11F3N2O3S2/c19-8-1-4-11-12(5-8)27-13(6-15(24)25)18(26)23(11)7-14-22-16-9(20)2-3-10(21)17(16)28-14/h1-5,13H,6-7H2,(H,24,25). The average Bonchev–Trinajstić information content (AvgIpc) is 3.06. The molecule has 0 radical (unpaired) electrons. The van der Waals surface area contributed by atoms with Gasteiger partial charge in [-0.2, -0.15) is 0 Å². The van der Waals surface area contributed by atoms with E-state index in [9.17, 15) is 22.8 Å². The zero-order valence-electron chi connectivity index (χ0n) is 14.0. The molecule has 5 nitrogen and oxygen atoms in total. The third kappa shape index (κ3) is 3.33. The van der Waals surface area contributed by atoms with Crippen LogP contribution in [0.3, 0.4) is 0 Å². The molecule has 10 heteroatoms. The number of hydrogen-bond acceptors (Lipinski definition) is 5. The van der Waals surface area contributed by atoms with Gasteiger partial charge in [0.15, 0.2) is 5.82 Å². The highest BCUT2D eigenvalue weighted by molar-refractivity contribution is 8.01. The minimum Gasteiger partial charge on any atom is -0.481 e. The molecule has 144 valence electrons. The van der Waals surface area contributed by atoms with Crippen molar-refractivity contribution in [1.82, 2.24) is 4.98 Å². The molecule has 1 amide bonds. The highest BCUT2D eigenvalue weighted by atomic mass is 32.2.